The van der Waals surface area contributed by atoms with E-state index in [-0.39, 0.29) is 10.8 Å². The van der Waals surface area contributed by atoms with Gasteiger partial charge in [0.2, 0.25) is 0 Å². The van der Waals surface area contributed by atoms with Gasteiger partial charge in [-0.2, -0.15) is 0 Å². The Bertz CT molecular complexity index is 356. The fraction of sp³-hybridized carbons (Fsp3) is 0.571. The predicted octanol–water partition coefficient (Wildman–Crippen LogP) is 3.19. The van der Waals surface area contributed by atoms with E-state index in [1.54, 1.807) is 0 Å². The maximum absolute atomic E-state index is 12.2. The van der Waals surface area contributed by atoms with Crippen molar-refractivity contribution in [1.82, 2.24) is 4.72 Å². The van der Waals surface area contributed by atoms with Crippen LogP contribution in [0.5, 0.6) is 0 Å². The summed E-state index contributed by atoms with van der Waals surface area (Å²) in [6.45, 7) is 6.02. The molecule has 0 bridgehead atoms. The summed E-state index contributed by atoms with van der Waals surface area (Å²) in [6.07, 6.45) is 2.49. The number of hydrogen-bond donors (Lipinski definition) is 1. The molecule has 1 aliphatic rings. The van der Waals surface area contributed by atoms with Crippen molar-refractivity contribution in [3.05, 3.63) is 35.9 Å². The number of nitrogens with one attached hydrogen (secondary N) is 1. The van der Waals surface area contributed by atoms with E-state index in [2.05, 4.69) is 16.9 Å². The summed E-state index contributed by atoms with van der Waals surface area (Å²) in [7, 11) is 0. The maximum Gasteiger partial charge on any atom is 0.136 e. The predicted molar refractivity (Wildman–Crippen MR) is 72.9 cm³/mol. The molecule has 0 spiro atoms. The Labute approximate surface area is 107 Å². The monoisotopic (exact) mass is 251 g/mol. The zero-order valence-corrected chi connectivity index (χ0v) is 11.6. The molecule has 2 atom stereocenters. The molecule has 2 nitrogen and oxygen atoms in total. The van der Waals surface area contributed by atoms with E-state index in [1.807, 2.05) is 39.0 Å². The fourth-order valence-electron chi connectivity index (χ4n) is 1.82. The third kappa shape index (κ3) is 3.47. The molecule has 2 rings (SSSR count). The van der Waals surface area contributed by atoms with Gasteiger partial charge in [-0.3, -0.25) is 0 Å². The molecular formula is C14H21NOS. The molecule has 2 unspecified atom stereocenters. The second kappa shape index (κ2) is 5.01. The van der Waals surface area contributed by atoms with Gasteiger partial charge in [-0.1, -0.05) is 30.3 Å². The van der Waals surface area contributed by atoms with Crippen molar-refractivity contribution in [2.45, 2.75) is 44.4 Å². The van der Waals surface area contributed by atoms with Gasteiger partial charge in [0.1, 0.15) is 4.75 Å². The minimum Gasteiger partial charge on any atom is -0.598 e. The molecule has 1 aromatic rings. The zero-order valence-electron chi connectivity index (χ0n) is 10.8. The molecule has 1 aromatic carbocycles. The quantitative estimate of drug-likeness (QED) is 0.834. The lowest BCUT2D eigenvalue weighted by molar-refractivity contribution is 0.503. The lowest BCUT2D eigenvalue weighted by atomic mass is 10.0. The second-order valence-electron chi connectivity index (χ2n) is 5.72. The topological polar surface area (TPSA) is 35.1 Å². The molecule has 0 amide bonds. The van der Waals surface area contributed by atoms with Gasteiger partial charge in [0.05, 0.1) is 6.04 Å². The lowest BCUT2D eigenvalue weighted by Gasteiger charge is -2.28. The highest BCUT2D eigenvalue weighted by molar-refractivity contribution is 7.90. The van der Waals surface area contributed by atoms with E-state index in [9.17, 15) is 4.55 Å². The third-order valence-corrected chi connectivity index (χ3v) is 4.62. The molecule has 1 N–H and O–H groups in total. The Morgan fingerprint density at radius 2 is 1.82 bits per heavy atom. The van der Waals surface area contributed by atoms with E-state index in [1.165, 1.54) is 18.4 Å². The van der Waals surface area contributed by atoms with Gasteiger partial charge in [-0.15, -0.1) is 4.72 Å². The first-order valence-electron chi connectivity index (χ1n) is 6.21. The molecule has 1 fully saturated rings. The van der Waals surface area contributed by atoms with Crippen LogP contribution in [0.25, 0.3) is 0 Å². The van der Waals surface area contributed by atoms with Crippen LogP contribution in [0.2, 0.25) is 0 Å². The minimum atomic E-state index is -0.998. The van der Waals surface area contributed by atoms with Crippen LogP contribution in [0.15, 0.2) is 30.3 Å². The maximum atomic E-state index is 12.2. The first kappa shape index (κ1) is 12.9. The van der Waals surface area contributed by atoms with Crippen molar-refractivity contribution in [3.8, 4) is 0 Å². The van der Waals surface area contributed by atoms with E-state index >= 15 is 0 Å². The van der Waals surface area contributed by atoms with Crippen LogP contribution in [0.4, 0.5) is 0 Å². The summed E-state index contributed by atoms with van der Waals surface area (Å²) in [6, 6.07) is 10.6. The molecule has 0 heterocycles. The Balaban J connectivity index is 2.09. The molecule has 17 heavy (non-hydrogen) atoms. The molecule has 1 aliphatic carbocycles. The summed E-state index contributed by atoms with van der Waals surface area (Å²) < 4.78 is 15.3. The molecule has 0 aromatic heterocycles. The highest BCUT2D eigenvalue weighted by Gasteiger charge is 2.38. The van der Waals surface area contributed by atoms with Gasteiger partial charge in [0.15, 0.2) is 0 Å². The van der Waals surface area contributed by atoms with Crippen molar-refractivity contribution in [2.24, 2.45) is 5.92 Å². The molecule has 0 aliphatic heterocycles. The van der Waals surface area contributed by atoms with Gasteiger partial charge in [-0.25, -0.2) is 0 Å². The van der Waals surface area contributed by atoms with Gasteiger partial charge in [0, 0.05) is 11.4 Å². The van der Waals surface area contributed by atoms with E-state index in [0.29, 0.717) is 5.92 Å². The number of hydrogen-bond acceptors (Lipinski definition) is 2. The summed E-state index contributed by atoms with van der Waals surface area (Å²) in [4.78, 5) is 0. The Morgan fingerprint density at radius 3 is 2.29 bits per heavy atom. The largest absolute Gasteiger partial charge is 0.598 e. The summed E-state index contributed by atoms with van der Waals surface area (Å²) in [5.74, 6) is 0.656. The molecule has 94 valence electrons. The second-order valence-corrected chi connectivity index (χ2v) is 7.72. The van der Waals surface area contributed by atoms with Gasteiger partial charge < -0.3 is 4.55 Å². The van der Waals surface area contributed by atoms with Crippen molar-refractivity contribution in [2.75, 3.05) is 0 Å². The number of rotatable bonds is 4. The lowest BCUT2D eigenvalue weighted by Crippen LogP contribution is -2.41. The fourth-order valence-corrected chi connectivity index (χ4v) is 2.73. The van der Waals surface area contributed by atoms with Crippen LogP contribution < -0.4 is 4.72 Å². The van der Waals surface area contributed by atoms with Gasteiger partial charge >= 0.3 is 0 Å². The van der Waals surface area contributed by atoms with Gasteiger partial charge in [-0.05, 0) is 45.1 Å². The molecule has 3 heteroatoms. The normalized spacial score (nSPS) is 20.0. The average Bonchev–Trinajstić information content (AvgIpc) is 3.09. The summed E-state index contributed by atoms with van der Waals surface area (Å²) >= 11 is -0.998. The highest BCUT2D eigenvalue weighted by atomic mass is 32.2. The molecule has 0 saturated heterocycles. The average molecular weight is 251 g/mol. The Kier molecular flexibility index (Phi) is 3.81. The van der Waals surface area contributed by atoms with Crippen LogP contribution in [0, 0.1) is 5.92 Å². The SMILES string of the molecule is CC(C)(C)[S+]([O-])NC(c1ccccc1)C1CC1. The van der Waals surface area contributed by atoms with Crippen LogP contribution in [0.3, 0.4) is 0 Å². The van der Waals surface area contributed by atoms with Crippen LogP contribution in [0.1, 0.15) is 45.2 Å². The van der Waals surface area contributed by atoms with Crippen molar-refractivity contribution >= 4 is 11.4 Å². The van der Waals surface area contributed by atoms with Crippen molar-refractivity contribution in [1.29, 1.82) is 0 Å². The zero-order chi connectivity index (χ0) is 12.5. The van der Waals surface area contributed by atoms with Crippen LogP contribution in [-0.4, -0.2) is 9.30 Å². The smallest absolute Gasteiger partial charge is 0.136 e. The van der Waals surface area contributed by atoms with Crippen molar-refractivity contribution < 1.29 is 4.55 Å². The van der Waals surface area contributed by atoms with E-state index in [4.69, 9.17) is 0 Å². The van der Waals surface area contributed by atoms with Crippen molar-refractivity contribution in [3.63, 3.8) is 0 Å². The summed E-state index contributed by atoms with van der Waals surface area (Å²) in [5, 5.41) is 0. The van der Waals surface area contributed by atoms with Crippen LogP contribution in [-0.2, 0) is 11.4 Å². The van der Waals surface area contributed by atoms with E-state index in [0.717, 1.165) is 0 Å². The molecule has 1 saturated carbocycles. The van der Waals surface area contributed by atoms with Crippen LogP contribution >= 0.6 is 0 Å². The Morgan fingerprint density at radius 1 is 1.24 bits per heavy atom. The Hall–Kier alpha value is -0.510. The minimum absolute atomic E-state index is 0.206. The molecule has 0 radical (unpaired) electrons. The first-order valence-corrected chi connectivity index (χ1v) is 7.36. The van der Waals surface area contributed by atoms with E-state index < -0.39 is 11.4 Å². The first-order chi connectivity index (χ1) is 7.98. The molecular weight excluding hydrogens is 230 g/mol. The highest BCUT2D eigenvalue weighted by Crippen LogP contribution is 2.41. The summed E-state index contributed by atoms with van der Waals surface area (Å²) in [5.41, 5.74) is 1.26. The third-order valence-electron chi connectivity index (χ3n) is 3.04. The van der Waals surface area contributed by atoms with Gasteiger partial charge in [0.25, 0.3) is 0 Å². The standard InChI is InChI=1S/C14H21NOS/c1-14(2,3)17(16)15-13(12-9-10-12)11-7-5-4-6-8-11/h4-8,12-13,15H,9-10H2,1-3H3. The number of benzene rings is 1.